The molecule has 4 aliphatic heterocycles. The Morgan fingerprint density at radius 3 is 2.65 bits per heavy atom. The molecule has 4 saturated heterocycles. The SMILES string of the molecule is COc1ccnc(N2CC3CC(C2)N(C(=O)C2CC2)C3c2cc3c(C)nc4c(F)c(-c5cccc(Cl)c5Cl)c(CCC#N)cc4c3n2C2C3CNC2C3)c1F. The number of nitrogens with one attached hydrogen (secondary N) is 1. The number of piperidine rings is 1. The lowest BCUT2D eigenvalue weighted by molar-refractivity contribution is -0.135. The Kier molecular flexibility index (Phi) is 8.29. The number of aryl methyl sites for hydroxylation is 2. The lowest BCUT2D eigenvalue weighted by atomic mass is 9.79. The number of anilines is 1. The van der Waals surface area contributed by atoms with Gasteiger partial charge >= 0.3 is 0 Å². The number of fused-ring (bicyclic) bond motifs is 6. The third-order valence-corrected chi connectivity index (χ3v) is 13.7. The molecule has 2 aliphatic carbocycles. The fourth-order valence-corrected chi connectivity index (χ4v) is 10.7. The molecule has 6 unspecified atom stereocenters. The Morgan fingerprint density at radius 1 is 1.09 bits per heavy atom. The topological polar surface area (TPSA) is 99.3 Å². The van der Waals surface area contributed by atoms with E-state index in [1.807, 2.05) is 17.9 Å². The van der Waals surface area contributed by atoms with Crippen LogP contribution in [0.25, 0.3) is 32.9 Å². The van der Waals surface area contributed by atoms with Crippen LogP contribution in [0.5, 0.6) is 5.75 Å². The maximum Gasteiger partial charge on any atom is 0.226 e. The number of nitrogens with zero attached hydrogens (tertiary/aromatic N) is 6. The van der Waals surface area contributed by atoms with Crippen LogP contribution < -0.4 is 15.0 Å². The summed E-state index contributed by atoms with van der Waals surface area (Å²) in [6.07, 6.45) is 5.62. The molecule has 6 atom stereocenters. The summed E-state index contributed by atoms with van der Waals surface area (Å²) in [5, 5.41) is 15.5. The van der Waals surface area contributed by atoms with Gasteiger partial charge in [-0.3, -0.25) is 4.79 Å². The van der Waals surface area contributed by atoms with E-state index in [4.69, 9.17) is 32.9 Å². The van der Waals surface area contributed by atoms with Crippen molar-refractivity contribution < 1.29 is 18.3 Å². The normalized spacial score (nSPS) is 25.5. The Bertz CT molecular complexity index is 2470. The lowest BCUT2D eigenvalue weighted by Crippen LogP contribution is -2.45. The van der Waals surface area contributed by atoms with Crippen LogP contribution in [0.4, 0.5) is 14.6 Å². The average molecular weight is 783 g/mol. The van der Waals surface area contributed by atoms with E-state index in [1.54, 1.807) is 24.4 Å². The maximum absolute atomic E-state index is 17.3. The van der Waals surface area contributed by atoms with E-state index >= 15 is 8.78 Å². The second-order valence-electron chi connectivity index (χ2n) is 16.0. The second-order valence-corrected chi connectivity index (χ2v) is 16.7. The molecule has 282 valence electrons. The number of amides is 1. The molecule has 7 heterocycles. The van der Waals surface area contributed by atoms with Crippen LogP contribution in [0.1, 0.15) is 61.1 Å². The predicted octanol–water partition coefficient (Wildman–Crippen LogP) is 8.33. The lowest BCUT2D eigenvalue weighted by Gasteiger charge is -2.40. The summed E-state index contributed by atoms with van der Waals surface area (Å²) in [4.78, 5) is 27.9. The number of pyridine rings is 2. The molecule has 13 heteroatoms. The summed E-state index contributed by atoms with van der Waals surface area (Å²) in [6.45, 7) is 3.77. The van der Waals surface area contributed by atoms with Crippen LogP contribution in [0.3, 0.4) is 0 Å². The number of carbonyl (C=O) groups excluding carboxylic acids is 1. The van der Waals surface area contributed by atoms with Gasteiger partial charge < -0.3 is 24.4 Å². The smallest absolute Gasteiger partial charge is 0.226 e. The van der Waals surface area contributed by atoms with Gasteiger partial charge in [-0.05, 0) is 68.7 Å². The summed E-state index contributed by atoms with van der Waals surface area (Å²) < 4.78 is 40.8. The van der Waals surface area contributed by atoms with Crippen molar-refractivity contribution in [2.75, 3.05) is 31.6 Å². The van der Waals surface area contributed by atoms with Crippen molar-refractivity contribution in [1.82, 2.24) is 24.8 Å². The molecule has 5 aromatic rings. The first-order valence-electron chi connectivity index (χ1n) is 19.1. The quantitative estimate of drug-likeness (QED) is 0.169. The van der Waals surface area contributed by atoms with Gasteiger partial charge in [-0.25, -0.2) is 14.4 Å². The van der Waals surface area contributed by atoms with E-state index in [1.165, 1.54) is 13.2 Å². The summed E-state index contributed by atoms with van der Waals surface area (Å²) in [7, 11) is 1.45. The van der Waals surface area contributed by atoms with Gasteiger partial charge in [0.25, 0.3) is 0 Å². The van der Waals surface area contributed by atoms with Crippen LogP contribution in [0, 0.1) is 47.6 Å². The van der Waals surface area contributed by atoms with Crippen molar-refractivity contribution >= 4 is 56.7 Å². The van der Waals surface area contributed by atoms with E-state index < -0.39 is 11.6 Å². The van der Waals surface area contributed by atoms with Crippen molar-refractivity contribution in [2.24, 2.45) is 17.8 Å². The molecular formula is C42H39Cl2F2N7O2. The van der Waals surface area contributed by atoms with Crippen LogP contribution in [0.2, 0.25) is 10.0 Å². The number of hydrogen-bond acceptors (Lipinski definition) is 7. The first-order chi connectivity index (χ1) is 26.7. The molecule has 2 aromatic carbocycles. The van der Waals surface area contributed by atoms with E-state index in [2.05, 4.69) is 31.9 Å². The number of methoxy groups -OCH3 is 1. The standard InChI is InChI=1S/C42H39Cl2F2N7O2/c1-20-27-16-31(39-24-13-25(52(39)42(54)21-8-9-21)19-51(18-24)41-35(45)32(55-2)10-12-48-41)53(38-23-15-30(38)49-17-23)40(27)28-14-22(5-4-11-47)33(36(46)37(28)50-20)26-6-3-7-29(43)34(26)44/h3,6-7,10,12,14,16,21,23-25,30,38-39,49H,4-5,8-9,13,15,17-19H2,1-2H3. The Labute approximate surface area is 327 Å². The average Bonchev–Trinajstić information content (AvgIpc) is 3.46. The molecule has 0 radical (unpaired) electrons. The largest absolute Gasteiger partial charge is 0.493 e. The summed E-state index contributed by atoms with van der Waals surface area (Å²) >= 11 is 13.2. The zero-order chi connectivity index (χ0) is 37.9. The summed E-state index contributed by atoms with van der Waals surface area (Å²) in [5.41, 5.74) is 4.21. The Morgan fingerprint density at radius 2 is 1.93 bits per heavy atom. The van der Waals surface area contributed by atoms with Crippen molar-refractivity contribution in [3.05, 3.63) is 81.2 Å². The van der Waals surface area contributed by atoms with E-state index in [9.17, 15) is 10.1 Å². The molecule has 55 heavy (non-hydrogen) atoms. The predicted molar refractivity (Wildman–Crippen MR) is 207 cm³/mol. The van der Waals surface area contributed by atoms with Crippen LogP contribution >= 0.6 is 23.2 Å². The van der Waals surface area contributed by atoms with Gasteiger partial charge in [0.15, 0.2) is 17.4 Å². The number of likely N-dealkylation sites (tertiary alicyclic amines) is 1. The molecule has 6 aliphatic rings. The summed E-state index contributed by atoms with van der Waals surface area (Å²) in [5.74, 6) is -0.148. The zero-order valence-electron chi connectivity index (χ0n) is 30.5. The first-order valence-corrected chi connectivity index (χ1v) is 19.9. The Hall–Kier alpha value is -4.50. The van der Waals surface area contributed by atoms with Crippen LogP contribution in [0.15, 0.2) is 42.6 Å². The van der Waals surface area contributed by atoms with Gasteiger partial charge in [-0.15, -0.1) is 0 Å². The molecule has 0 spiro atoms. The molecular weight excluding hydrogens is 743 g/mol. The monoisotopic (exact) mass is 781 g/mol. The van der Waals surface area contributed by atoms with Crippen molar-refractivity contribution in [2.45, 2.75) is 69.6 Å². The molecule has 2 saturated carbocycles. The van der Waals surface area contributed by atoms with Crippen LogP contribution in [-0.2, 0) is 11.2 Å². The molecule has 6 fully saturated rings. The zero-order valence-corrected chi connectivity index (χ0v) is 32.0. The second kappa shape index (κ2) is 13.0. The number of carbonyl (C=O) groups is 1. The third-order valence-electron chi connectivity index (χ3n) is 12.9. The van der Waals surface area contributed by atoms with Crippen LogP contribution in [-0.4, -0.2) is 64.2 Å². The van der Waals surface area contributed by atoms with Gasteiger partial charge in [0.05, 0.1) is 46.9 Å². The highest BCUT2D eigenvalue weighted by Gasteiger charge is 2.55. The molecule has 11 rings (SSSR count). The van der Waals surface area contributed by atoms with Crippen molar-refractivity contribution in [3.8, 4) is 22.9 Å². The minimum absolute atomic E-state index is 0.0124. The number of aromatic nitrogens is 3. The number of benzene rings is 2. The minimum atomic E-state index is -0.505. The van der Waals surface area contributed by atoms with E-state index in [0.717, 1.165) is 48.8 Å². The maximum atomic E-state index is 17.3. The first kappa shape index (κ1) is 35.0. The van der Waals surface area contributed by atoms with Gasteiger partial charge in [-0.1, -0.05) is 35.3 Å². The van der Waals surface area contributed by atoms with Gasteiger partial charge in [0.2, 0.25) is 11.7 Å². The number of hydrogen-bond donors (Lipinski definition) is 1. The third kappa shape index (κ3) is 5.28. The molecule has 1 amide bonds. The van der Waals surface area contributed by atoms with Gasteiger partial charge in [0.1, 0.15) is 5.52 Å². The number of ether oxygens (including phenoxy) is 1. The Balaban J connectivity index is 1.20. The molecule has 9 nitrogen and oxygen atoms in total. The van der Waals surface area contributed by atoms with Gasteiger partial charge in [0, 0.05) is 89.5 Å². The highest BCUT2D eigenvalue weighted by atomic mass is 35.5. The van der Waals surface area contributed by atoms with E-state index in [0.29, 0.717) is 58.2 Å². The fourth-order valence-electron chi connectivity index (χ4n) is 10.3. The molecule has 1 N–H and O–H groups in total. The number of rotatable bonds is 8. The van der Waals surface area contributed by atoms with Crippen molar-refractivity contribution in [1.29, 1.82) is 5.26 Å². The summed E-state index contributed by atoms with van der Waals surface area (Å²) in [6, 6.07) is 13.0. The van der Waals surface area contributed by atoms with E-state index in [-0.39, 0.29) is 70.4 Å². The molecule has 4 bridgehead atoms. The number of halogens is 4. The fraction of sp³-hybridized carbons (Fsp3) is 0.429. The van der Waals surface area contributed by atoms with Crippen molar-refractivity contribution in [3.63, 3.8) is 0 Å². The molecule has 3 aromatic heterocycles. The highest BCUT2D eigenvalue weighted by Crippen LogP contribution is 2.54. The number of nitriles is 1. The van der Waals surface area contributed by atoms with Gasteiger partial charge in [-0.2, -0.15) is 9.65 Å². The highest BCUT2D eigenvalue weighted by molar-refractivity contribution is 6.43. The minimum Gasteiger partial charge on any atom is -0.493 e.